The van der Waals surface area contributed by atoms with Crippen molar-refractivity contribution in [2.75, 3.05) is 7.11 Å². The van der Waals surface area contributed by atoms with Crippen LogP contribution >= 0.6 is 0 Å². The van der Waals surface area contributed by atoms with Gasteiger partial charge in [0.25, 0.3) is 5.91 Å². The second kappa shape index (κ2) is 8.26. The van der Waals surface area contributed by atoms with E-state index in [9.17, 15) is 4.79 Å². The van der Waals surface area contributed by atoms with Gasteiger partial charge >= 0.3 is 0 Å². The molecule has 140 valence electrons. The van der Waals surface area contributed by atoms with Gasteiger partial charge in [-0.25, -0.2) is 0 Å². The third-order valence-corrected chi connectivity index (χ3v) is 4.38. The molecule has 1 N–H and O–H groups in total. The Morgan fingerprint density at radius 1 is 0.923 bits per heavy atom. The van der Waals surface area contributed by atoms with E-state index in [0.29, 0.717) is 5.75 Å². The van der Waals surface area contributed by atoms with Crippen LogP contribution in [-0.2, 0) is 10.2 Å². The molecule has 2 aromatic carbocycles. The number of benzene rings is 2. The molecule has 0 saturated carbocycles. The van der Waals surface area contributed by atoms with Gasteiger partial charge in [-0.2, -0.15) is 0 Å². The summed E-state index contributed by atoms with van der Waals surface area (Å²) >= 11 is 0. The third kappa shape index (κ3) is 5.25. The highest BCUT2D eigenvalue weighted by Crippen LogP contribution is 2.25. The van der Waals surface area contributed by atoms with Crippen molar-refractivity contribution in [1.82, 2.24) is 5.32 Å². The van der Waals surface area contributed by atoms with Crippen LogP contribution in [0.4, 0.5) is 0 Å². The van der Waals surface area contributed by atoms with E-state index in [2.05, 4.69) is 26.1 Å². The molecule has 0 aliphatic heterocycles. The quantitative estimate of drug-likeness (QED) is 0.821. The van der Waals surface area contributed by atoms with Crippen molar-refractivity contribution in [2.45, 2.75) is 52.2 Å². The Balaban J connectivity index is 1.94. The number of carbonyl (C=O) groups excluding carboxylic acids is 1. The number of hydrogen-bond donors (Lipinski definition) is 1. The zero-order valence-electron chi connectivity index (χ0n) is 16.5. The Labute approximate surface area is 156 Å². The molecular weight excluding hydrogens is 326 g/mol. The summed E-state index contributed by atoms with van der Waals surface area (Å²) in [6.45, 7) is 10.2. The van der Waals surface area contributed by atoms with Gasteiger partial charge in [-0.1, -0.05) is 45.0 Å². The van der Waals surface area contributed by atoms with E-state index in [0.717, 1.165) is 11.3 Å². The molecule has 0 aliphatic rings. The molecule has 2 aromatic rings. The van der Waals surface area contributed by atoms with Gasteiger partial charge < -0.3 is 14.8 Å². The molecule has 26 heavy (non-hydrogen) atoms. The fraction of sp³-hybridized carbons (Fsp3) is 0.409. The predicted molar refractivity (Wildman–Crippen MR) is 105 cm³/mol. The summed E-state index contributed by atoms with van der Waals surface area (Å²) < 4.78 is 10.9. The first-order valence-electron chi connectivity index (χ1n) is 8.92. The Hall–Kier alpha value is -2.49. The first-order valence-corrected chi connectivity index (χ1v) is 8.92. The lowest BCUT2D eigenvalue weighted by Gasteiger charge is -2.21. The monoisotopic (exact) mass is 355 g/mol. The highest BCUT2D eigenvalue weighted by atomic mass is 16.5. The van der Waals surface area contributed by atoms with Crippen molar-refractivity contribution in [3.63, 3.8) is 0 Å². The molecule has 1 amide bonds. The van der Waals surface area contributed by atoms with E-state index in [1.54, 1.807) is 14.0 Å². The highest BCUT2D eigenvalue weighted by Gasteiger charge is 2.18. The normalized spacial score (nSPS) is 13.6. The number of ether oxygens (including phenoxy) is 2. The van der Waals surface area contributed by atoms with Gasteiger partial charge in [0.15, 0.2) is 6.10 Å². The Kier molecular flexibility index (Phi) is 6.30. The number of rotatable bonds is 6. The van der Waals surface area contributed by atoms with Crippen LogP contribution in [0.25, 0.3) is 0 Å². The molecule has 0 radical (unpaired) electrons. The fourth-order valence-electron chi connectivity index (χ4n) is 2.60. The average Bonchev–Trinajstić information content (AvgIpc) is 2.61. The number of hydrogen-bond acceptors (Lipinski definition) is 3. The van der Waals surface area contributed by atoms with E-state index in [1.807, 2.05) is 55.5 Å². The summed E-state index contributed by atoms with van der Waals surface area (Å²) in [6.07, 6.45) is -0.573. The zero-order valence-corrected chi connectivity index (χ0v) is 16.5. The van der Waals surface area contributed by atoms with E-state index in [-0.39, 0.29) is 17.4 Å². The lowest BCUT2D eigenvalue weighted by molar-refractivity contribution is -0.127. The SMILES string of the molecule is COc1ccc([C@@H](C)NC(=O)[C@H](C)Oc2ccc(C(C)(C)C)cc2)cc1. The molecule has 0 aliphatic carbocycles. The molecule has 0 fully saturated rings. The van der Waals surface area contributed by atoms with Crippen LogP contribution < -0.4 is 14.8 Å². The van der Waals surface area contributed by atoms with E-state index in [4.69, 9.17) is 9.47 Å². The van der Waals surface area contributed by atoms with Crippen LogP contribution in [0.15, 0.2) is 48.5 Å². The topological polar surface area (TPSA) is 47.6 Å². The second-order valence-corrected chi connectivity index (χ2v) is 7.54. The maximum atomic E-state index is 12.4. The van der Waals surface area contributed by atoms with Gasteiger partial charge in [-0.05, 0) is 54.7 Å². The summed E-state index contributed by atoms with van der Waals surface area (Å²) in [6, 6.07) is 15.5. The maximum absolute atomic E-state index is 12.4. The van der Waals surface area contributed by atoms with Crippen molar-refractivity contribution in [2.24, 2.45) is 0 Å². The van der Waals surface area contributed by atoms with Crippen LogP contribution in [-0.4, -0.2) is 19.1 Å². The van der Waals surface area contributed by atoms with Crippen molar-refractivity contribution in [1.29, 1.82) is 0 Å². The summed E-state index contributed by atoms with van der Waals surface area (Å²) in [7, 11) is 1.63. The number of methoxy groups -OCH3 is 1. The molecule has 4 nitrogen and oxygen atoms in total. The van der Waals surface area contributed by atoms with Gasteiger partial charge in [-0.3, -0.25) is 4.79 Å². The number of nitrogens with one attached hydrogen (secondary N) is 1. The summed E-state index contributed by atoms with van der Waals surface area (Å²) in [4.78, 5) is 12.4. The molecule has 0 spiro atoms. The Bertz CT molecular complexity index is 715. The summed E-state index contributed by atoms with van der Waals surface area (Å²) in [5.41, 5.74) is 2.34. The minimum absolute atomic E-state index is 0.0926. The van der Waals surface area contributed by atoms with E-state index >= 15 is 0 Å². The highest BCUT2D eigenvalue weighted by molar-refractivity contribution is 5.81. The number of amides is 1. The van der Waals surface area contributed by atoms with E-state index in [1.165, 1.54) is 5.56 Å². The van der Waals surface area contributed by atoms with E-state index < -0.39 is 6.10 Å². The smallest absolute Gasteiger partial charge is 0.261 e. The molecular formula is C22H29NO3. The molecule has 2 atom stereocenters. The van der Waals surface area contributed by atoms with Crippen LogP contribution in [0.2, 0.25) is 0 Å². The Morgan fingerprint density at radius 2 is 1.46 bits per heavy atom. The molecule has 2 rings (SSSR count). The van der Waals surface area contributed by atoms with Gasteiger partial charge in [0.05, 0.1) is 13.2 Å². The summed E-state index contributed by atoms with van der Waals surface area (Å²) in [5, 5.41) is 2.98. The zero-order chi connectivity index (χ0) is 19.3. The lowest BCUT2D eigenvalue weighted by Crippen LogP contribution is -2.37. The van der Waals surface area contributed by atoms with Crippen molar-refractivity contribution >= 4 is 5.91 Å². The fourth-order valence-corrected chi connectivity index (χ4v) is 2.60. The molecule has 0 unspecified atom stereocenters. The predicted octanol–water partition coefficient (Wildman–Crippen LogP) is 4.64. The molecule has 0 bridgehead atoms. The minimum Gasteiger partial charge on any atom is -0.497 e. The van der Waals surface area contributed by atoms with Crippen LogP contribution in [0, 0.1) is 0 Å². The third-order valence-electron chi connectivity index (χ3n) is 4.38. The molecule has 0 saturated heterocycles. The number of carbonyl (C=O) groups is 1. The Morgan fingerprint density at radius 3 is 1.96 bits per heavy atom. The van der Waals surface area contributed by atoms with Gasteiger partial charge in [0.2, 0.25) is 0 Å². The summed E-state index contributed by atoms with van der Waals surface area (Å²) in [5.74, 6) is 1.34. The van der Waals surface area contributed by atoms with Gasteiger partial charge in [-0.15, -0.1) is 0 Å². The molecule has 0 heterocycles. The van der Waals surface area contributed by atoms with Crippen molar-refractivity contribution in [3.05, 3.63) is 59.7 Å². The van der Waals surface area contributed by atoms with Gasteiger partial charge in [0, 0.05) is 0 Å². The first-order chi connectivity index (χ1) is 12.2. The van der Waals surface area contributed by atoms with Gasteiger partial charge in [0.1, 0.15) is 11.5 Å². The lowest BCUT2D eigenvalue weighted by atomic mass is 9.87. The molecule has 4 heteroatoms. The minimum atomic E-state index is -0.573. The maximum Gasteiger partial charge on any atom is 0.261 e. The van der Waals surface area contributed by atoms with Crippen LogP contribution in [0.3, 0.4) is 0 Å². The van der Waals surface area contributed by atoms with Crippen LogP contribution in [0.1, 0.15) is 51.8 Å². The van der Waals surface area contributed by atoms with Crippen molar-refractivity contribution < 1.29 is 14.3 Å². The van der Waals surface area contributed by atoms with Crippen molar-refractivity contribution in [3.8, 4) is 11.5 Å². The standard InChI is InChI=1S/C22H29NO3/c1-15(17-7-11-19(25-6)12-8-17)23-21(24)16(2)26-20-13-9-18(10-14-20)22(3,4)5/h7-16H,1-6H3,(H,23,24)/t15-,16+/m1/s1. The largest absolute Gasteiger partial charge is 0.497 e. The molecule has 0 aromatic heterocycles. The average molecular weight is 355 g/mol. The second-order valence-electron chi connectivity index (χ2n) is 7.54. The first kappa shape index (κ1) is 19.8. The van der Waals surface area contributed by atoms with Crippen LogP contribution in [0.5, 0.6) is 11.5 Å².